The molecule has 0 aliphatic carbocycles. The van der Waals surface area contributed by atoms with Crippen molar-refractivity contribution in [2.75, 3.05) is 39.6 Å². The van der Waals surface area contributed by atoms with E-state index in [2.05, 4.69) is 27.7 Å². The van der Waals surface area contributed by atoms with E-state index in [0.29, 0.717) is 25.7 Å². The van der Waals surface area contributed by atoms with Gasteiger partial charge in [-0.2, -0.15) is 0 Å². The Bertz CT molecular complexity index is 1810. The number of rotatable bonds is 77. The van der Waals surface area contributed by atoms with Gasteiger partial charge >= 0.3 is 39.5 Å². The van der Waals surface area contributed by atoms with Gasteiger partial charge in [-0.25, -0.2) is 9.13 Å². The molecule has 2 unspecified atom stereocenters. The number of hydrogen-bond acceptors (Lipinski definition) is 15. The highest BCUT2D eigenvalue weighted by atomic mass is 31.2. The van der Waals surface area contributed by atoms with Crippen molar-refractivity contribution >= 4 is 39.5 Å². The van der Waals surface area contributed by atoms with Crippen LogP contribution < -0.4 is 0 Å². The zero-order valence-corrected chi connectivity index (χ0v) is 63.4. The highest BCUT2D eigenvalue weighted by Crippen LogP contribution is 2.45. The van der Waals surface area contributed by atoms with Gasteiger partial charge in [0.2, 0.25) is 0 Å². The lowest BCUT2D eigenvalue weighted by Crippen LogP contribution is -2.30. The number of aliphatic hydroxyl groups excluding tert-OH is 1. The van der Waals surface area contributed by atoms with Crippen LogP contribution in [-0.2, 0) is 65.4 Å². The molecule has 564 valence electrons. The summed E-state index contributed by atoms with van der Waals surface area (Å²) in [6, 6.07) is 0. The second-order valence-corrected chi connectivity index (χ2v) is 30.3. The Labute approximate surface area is 581 Å². The van der Waals surface area contributed by atoms with Crippen LogP contribution in [0, 0.1) is 0 Å². The van der Waals surface area contributed by atoms with Gasteiger partial charge in [0.25, 0.3) is 0 Å². The van der Waals surface area contributed by atoms with E-state index in [9.17, 15) is 43.2 Å². The normalized spacial score (nSPS) is 13.9. The van der Waals surface area contributed by atoms with Crippen LogP contribution in [0.4, 0.5) is 0 Å². The van der Waals surface area contributed by atoms with Crippen LogP contribution in [0.1, 0.15) is 407 Å². The minimum atomic E-state index is -4.96. The largest absolute Gasteiger partial charge is 0.472 e. The molecule has 0 aromatic rings. The van der Waals surface area contributed by atoms with Gasteiger partial charge in [0.1, 0.15) is 19.3 Å². The number of carbonyl (C=O) groups excluding carboxylic acids is 4. The van der Waals surface area contributed by atoms with E-state index in [1.54, 1.807) is 0 Å². The van der Waals surface area contributed by atoms with Gasteiger partial charge in [0, 0.05) is 25.7 Å². The summed E-state index contributed by atoms with van der Waals surface area (Å²) in [5, 5.41) is 10.6. The maximum atomic E-state index is 13.1. The third kappa shape index (κ3) is 70.3. The van der Waals surface area contributed by atoms with Crippen molar-refractivity contribution in [3.8, 4) is 0 Å². The predicted octanol–water partition coefficient (Wildman–Crippen LogP) is 22.6. The lowest BCUT2D eigenvalue weighted by molar-refractivity contribution is -0.161. The van der Waals surface area contributed by atoms with E-state index in [4.69, 9.17) is 37.0 Å². The van der Waals surface area contributed by atoms with Crippen LogP contribution >= 0.6 is 15.6 Å². The van der Waals surface area contributed by atoms with E-state index in [1.165, 1.54) is 231 Å². The predicted molar refractivity (Wildman–Crippen MR) is 386 cm³/mol. The first kappa shape index (κ1) is 93.1. The van der Waals surface area contributed by atoms with Crippen molar-refractivity contribution in [3.05, 3.63) is 0 Å². The molecule has 0 heterocycles. The minimum Gasteiger partial charge on any atom is -0.462 e. The topological polar surface area (TPSA) is 237 Å². The number of carbonyl (C=O) groups is 4. The molecule has 0 aliphatic rings. The standard InChI is InChI=1S/C76H148O17P2/c1-5-9-13-17-21-25-28-30-32-34-35-36-37-38-40-42-44-47-51-55-59-63-76(81)93-72(67-87-74(79)61-57-53-49-46-43-41-39-33-31-29-26-22-18-14-10-6-2)69-91-95(84,85)89-65-70(77)64-88-94(82,83)90-68-71(66-86-73(78)60-56-52-48-24-20-16-12-8-4)92-75(80)62-58-54-50-45-27-23-19-15-11-7-3/h70-72,77H,5-69H2,1-4H3,(H,82,83)(H,84,85)/t70-,71+,72+/m0/s1. The molecular formula is C76H148O17P2. The Morgan fingerprint density at radius 3 is 0.621 bits per heavy atom. The van der Waals surface area contributed by atoms with E-state index < -0.39 is 97.5 Å². The van der Waals surface area contributed by atoms with Crippen LogP contribution in [0.15, 0.2) is 0 Å². The number of phosphoric acid groups is 2. The van der Waals surface area contributed by atoms with Gasteiger partial charge in [-0.05, 0) is 25.7 Å². The Morgan fingerprint density at radius 2 is 0.421 bits per heavy atom. The molecule has 0 rings (SSSR count). The average Bonchev–Trinajstić information content (AvgIpc) is 3.53. The number of esters is 4. The van der Waals surface area contributed by atoms with Gasteiger partial charge < -0.3 is 33.8 Å². The second kappa shape index (κ2) is 70.5. The first-order chi connectivity index (χ1) is 46.2. The Kier molecular flexibility index (Phi) is 69.1. The van der Waals surface area contributed by atoms with Crippen molar-refractivity contribution in [3.63, 3.8) is 0 Å². The van der Waals surface area contributed by atoms with Gasteiger partial charge in [0.15, 0.2) is 12.2 Å². The van der Waals surface area contributed by atoms with Gasteiger partial charge in [-0.15, -0.1) is 0 Å². The van der Waals surface area contributed by atoms with E-state index in [0.717, 1.165) is 96.3 Å². The molecule has 0 bridgehead atoms. The molecule has 0 fully saturated rings. The highest BCUT2D eigenvalue weighted by Gasteiger charge is 2.30. The zero-order valence-electron chi connectivity index (χ0n) is 61.6. The number of ether oxygens (including phenoxy) is 4. The van der Waals surface area contributed by atoms with Crippen molar-refractivity contribution in [2.24, 2.45) is 0 Å². The number of phosphoric ester groups is 2. The fourth-order valence-electron chi connectivity index (χ4n) is 11.8. The van der Waals surface area contributed by atoms with Crippen molar-refractivity contribution in [2.45, 2.75) is 425 Å². The lowest BCUT2D eigenvalue weighted by Gasteiger charge is -2.21. The van der Waals surface area contributed by atoms with Crippen LogP contribution in [0.3, 0.4) is 0 Å². The monoisotopic (exact) mass is 1400 g/mol. The summed E-state index contributed by atoms with van der Waals surface area (Å²) in [6.45, 7) is 4.95. The Balaban J connectivity index is 5.16. The molecule has 0 saturated carbocycles. The highest BCUT2D eigenvalue weighted by molar-refractivity contribution is 7.47. The van der Waals surface area contributed by atoms with Crippen LogP contribution in [0.25, 0.3) is 0 Å². The fourth-order valence-corrected chi connectivity index (χ4v) is 13.3. The molecule has 95 heavy (non-hydrogen) atoms. The maximum Gasteiger partial charge on any atom is 0.472 e. The van der Waals surface area contributed by atoms with Crippen LogP contribution in [-0.4, -0.2) is 96.7 Å². The van der Waals surface area contributed by atoms with Crippen LogP contribution in [0.2, 0.25) is 0 Å². The molecule has 0 aromatic carbocycles. The SMILES string of the molecule is CCCCCCCCCCCCCCCCCCCCCCCC(=O)O[C@H](COC(=O)CCCCCCCCCCCCCCCCCC)COP(=O)(O)OC[C@@H](O)COP(=O)(O)OC[C@@H](COC(=O)CCCCCCCCCC)OC(=O)CCCCCCCCCCCC. The van der Waals surface area contributed by atoms with Crippen molar-refractivity contribution in [1.29, 1.82) is 0 Å². The molecule has 19 heteroatoms. The molecular weight excluding hydrogens is 1250 g/mol. The maximum absolute atomic E-state index is 13.1. The van der Waals surface area contributed by atoms with Gasteiger partial charge in [0.05, 0.1) is 26.4 Å². The summed E-state index contributed by atoms with van der Waals surface area (Å²) < 4.78 is 68.4. The zero-order chi connectivity index (χ0) is 69.7. The first-order valence-corrected chi connectivity index (χ1v) is 42.8. The number of hydrogen-bond donors (Lipinski definition) is 3. The van der Waals surface area contributed by atoms with E-state index in [-0.39, 0.29) is 25.7 Å². The molecule has 0 saturated heterocycles. The van der Waals surface area contributed by atoms with E-state index in [1.807, 2.05) is 0 Å². The summed E-state index contributed by atoms with van der Waals surface area (Å²) >= 11 is 0. The summed E-state index contributed by atoms with van der Waals surface area (Å²) in [5.74, 6) is -2.12. The summed E-state index contributed by atoms with van der Waals surface area (Å²) in [5.41, 5.74) is 0. The molecule has 0 amide bonds. The lowest BCUT2D eigenvalue weighted by atomic mass is 10.0. The molecule has 17 nitrogen and oxygen atoms in total. The Morgan fingerprint density at radius 1 is 0.253 bits per heavy atom. The second-order valence-electron chi connectivity index (χ2n) is 27.4. The fraction of sp³-hybridized carbons (Fsp3) is 0.947. The van der Waals surface area contributed by atoms with Crippen molar-refractivity contribution < 1.29 is 80.2 Å². The minimum absolute atomic E-state index is 0.107. The van der Waals surface area contributed by atoms with Gasteiger partial charge in [-0.3, -0.25) is 37.3 Å². The Hall–Kier alpha value is -1.94. The summed E-state index contributed by atoms with van der Waals surface area (Å²) in [7, 11) is -9.90. The van der Waals surface area contributed by atoms with Crippen molar-refractivity contribution in [1.82, 2.24) is 0 Å². The number of aliphatic hydroxyl groups is 1. The molecule has 0 radical (unpaired) electrons. The van der Waals surface area contributed by atoms with E-state index >= 15 is 0 Å². The summed E-state index contributed by atoms with van der Waals surface area (Å²) in [4.78, 5) is 72.6. The molecule has 0 aliphatic heterocycles. The third-order valence-corrected chi connectivity index (χ3v) is 19.8. The molecule has 0 spiro atoms. The third-order valence-electron chi connectivity index (χ3n) is 17.9. The molecule has 0 aromatic heterocycles. The van der Waals surface area contributed by atoms with Gasteiger partial charge in [-0.1, -0.05) is 355 Å². The first-order valence-electron chi connectivity index (χ1n) is 39.8. The average molecular weight is 1400 g/mol. The van der Waals surface area contributed by atoms with Crippen LogP contribution in [0.5, 0.6) is 0 Å². The molecule has 3 N–H and O–H groups in total. The molecule has 5 atom stereocenters. The number of unbranched alkanes of at least 4 members (excludes halogenated alkanes) is 51. The summed E-state index contributed by atoms with van der Waals surface area (Å²) in [6.07, 6.45) is 61.2. The smallest absolute Gasteiger partial charge is 0.462 e. The quantitative estimate of drug-likeness (QED) is 0.0222.